The summed E-state index contributed by atoms with van der Waals surface area (Å²) in [4.78, 5) is 12.0. The number of anilines is 1. The quantitative estimate of drug-likeness (QED) is 0.881. The Balaban J connectivity index is 1.68. The molecule has 0 saturated carbocycles. The Bertz CT molecular complexity index is 606. The second-order valence-corrected chi connectivity index (χ2v) is 5.08. The summed E-state index contributed by atoms with van der Waals surface area (Å²) in [6.07, 6.45) is 4.93. The maximum Gasteiger partial charge on any atom is 0.319 e. The lowest BCUT2D eigenvalue weighted by atomic mass is 9.93. The number of fused-ring (bicyclic) bond motifs is 1. The zero-order valence-corrected chi connectivity index (χ0v) is 11.5. The van der Waals surface area contributed by atoms with Crippen LogP contribution in [0.1, 0.15) is 30.1 Å². The molecule has 2 amide bonds. The van der Waals surface area contributed by atoms with Gasteiger partial charge in [-0.1, -0.05) is 18.2 Å². The molecule has 0 saturated heterocycles. The van der Waals surface area contributed by atoms with E-state index in [1.165, 1.54) is 5.69 Å². The van der Waals surface area contributed by atoms with Crippen molar-refractivity contribution in [3.05, 3.63) is 47.8 Å². The predicted octanol–water partition coefficient (Wildman–Crippen LogP) is 2.62. The number of aryl methyl sites for hydroxylation is 1. The smallest absolute Gasteiger partial charge is 0.319 e. The Morgan fingerprint density at radius 3 is 2.95 bits per heavy atom. The molecule has 3 rings (SSSR count). The number of amides is 2. The van der Waals surface area contributed by atoms with Crippen LogP contribution in [0.4, 0.5) is 10.5 Å². The van der Waals surface area contributed by atoms with Gasteiger partial charge in [0, 0.05) is 24.0 Å². The molecule has 1 aromatic heterocycles. The Labute approximate surface area is 118 Å². The molecule has 0 aliphatic heterocycles. The first-order valence-corrected chi connectivity index (χ1v) is 6.87. The highest BCUT2D eigenvalue weighted by Crippen LogP contribution is 2.29. The number of aromatic nitrogens is 2. The summed E-state index contributed by atoms with van der Waals surface area (Å²) in [5.41, 5.74) is 3.16. The number of carbonyl (C=O) groups excluding carboxylic acids is 1. The molecule has 5 nitrogen and oxygen atoms in total. The summed E-state index contributed by atoms with van der Waals surface area (Å²) in [5, 5.41) is 10.2. The number of hydrogen-bond donors (Lipinski definition) is 2. The van der Waals surface area contributed by atoms with Crippen LogP contribution in [-0.4, -0.2) is 15.8 Å². The lowest BCUT2D eigenvalue weighted by Gasteiger charge is -2.23. The summed E-state index contributed by atoms with van der Waals surface area (Å²) < 4.78 is 1.90. The fourth-order valence-electron chi connectivity index (χ4n) is 2.70. The molecule has 2 aromatic rings. The monoisotopic (exact) mass is 270 g/mol. The first-order chi connectivity index (χ1) is 9.74. The highest BCUT2D eigenvalue weighted by molar-refractivity contribution is 5.89. The third kappa shape index (κ3) is 2.52. The summed E-state index contributed by atoms with van der Waals surface area (Å²) in [5.74, 6) is 0. The molecule has 0 radical (unpaired) electrons. The lowest BCUT2D eigenvalue weighted by molar-refractivity contribution is 0.247. The van der Waals surface area contributed by atoms with Crippen molar-refractivity contribution in [1.82, 2.24) is 15.1 Å². The molecule has 0 fully saturated rings. The van der Waals surface area contributed by atoms with Crippen LogP contribution in [0, 0.1) is 0 Å². The topological polar surface area (TPSA) is 59.0 Å². The van der Waals surface area contributed by atoms with Crippen LogP contribution in [-0.2, 0) is 13.5 Å². The van der Waals surface area contributed by atoms with Crippen LogP contribution in [0.5, 0.6) is 0 Å². The maximum atomic E-state index is 12.0. The summed E-state index contributed by atoms with van der Waals surface area (Å²) >= 11 is 0. The van der Waals surface area contributed by atoms with E-state index in [1.54, 1.807) is 0 Å². The van der Waals surface area contributed by atoms with E-state index in [4.69, 9.17) is 0 Å². The molecule has 0 spiro atoms. The van der Waals surface area contributed by atoms with Gasteiger partial charge in [0.2, 0.25) is 0 Å². The Morgan fingerprint density at radius 2 is 2.15 bits per heavy atom. The number of carbonyl (C=O) groups is 1. The Morgan fingerprint density at radius 1 is 1.35 bits per heavy atom. The van der Waals surface area contributed by atoms with E-state index in [9.17, 15) is 4.79 Å². The van der Waals surface area contributed by atoms with Gasteiger partial charge in [0.25, 0.3) is 0 Å². The molecule has 104 valence electrons. The van der Waals surface area contributed by atoms with E-state index < -0.39 is 0 Å². The summed E-state index contributed by atoms with van der Waals surface area (Å²) in [6, 6.07) is 9.34. The molecule has 1 atom stereocenters. The first kappa shape index (κ1) is 12.7. The second-order valence-electron chi connectivity index (χ2n) is 5.08. The Hall–Kier alpha value is -2.30. The molecule has 1 unspecified atom stereocenters. The molecular weight excluding hydrogens is 252 g/mol. The van der Waals surface area contributed by atoms with E-state index in [0.29, 0.717) is 0 Å². The molecule has 20 heavy (non-hydrogen) atoms. The van der Waals surface area contributed by atoms with Crippen molar-refractivity contribution in [2.75, 3.05) is 5.32 Å². The van der Waals surface area contributed by atoms with Crippen LogP contribution in [0.15, 0.2) is 36.5 Å². The van der Waals surface area contributed by atoms with Gasteiger partial charge in [0.1, 0.15) is 0 Å². The number of hydrogen-bond acceptors (Lipinski definition) is 2. The third-order valence-electron chi connectivity index (χ3n) is 3.71. The van der Waals surface area contributed by atoms with Gasteiger partial charge in [0.15, 0.2) is 0 Å². The molecule has 1 aromatic carbocycles. The molecule has 1 aliphatic carbocycles. The van der Waals surface area contributed by atoms with Crippen LogP contribution in [0.2, 0.25) is 0 Å². The largest absolute Gasteiger partial charge is 0.331 e. The van der Waals surface area contributed by atoms with Crippen LogP contribution in [0.3, 0.4) is 0 Å². The number of para-hydroxylation sites is 1. The highest BCUT2D eigenvalue weighted by atomic mass is 16.2. The second kappa shape index (κ2) is 5.36. The fourth-order valence-corrected chi connectivity index (χ4v) is 2.70. The average Bonchev–Trinajstić information content (AvgIpc) is 2.83. The van der Waals surface area contributed by atoms with E-state index in [2.05, 4.69) is 15.7 Å². The first-order valence-electron chi connectivity index (χ1n) is 6.87. The zero-order chi connectivity index (χ0) is 13.9. The number of nitrogens with zero attached hydrogens (tertiary/aromatic N) is 2. The number of benzene rings is 1. The van der Waals surface area contributed by atoms with Crippen LogP contribution >= 0.6 is 0 Å². The standard InChI is InChI=1S/C15H18N4O/c1-19-14-9-5-8-13(12(14)10-16-19)18-15(20)17-11-6-3-2-4-7-11/h2-4,6-7,10,13H,5,8-9H2,1H3,(H2,17,18,20). The summed E-state index contributed by atoms with van der Waals surface area (Å²) in [6.45, 7) is 0. The van der Waals surface area contributed by atoms with Gasteiger partial charge in [-0.3, -0.25) is 4.68 Å². The summed E-state index contributed by atoms with van der Waals surface area (Å²) in [7, 11) is 1.95. The minimum absolute atomic E-state index is 0.0520. The van der Waals surface area contributed by atoms with Crippen molar-refractivity contribution in [3.8, 4) is 0 Å². The molecule has 2 N–H and O–H groups in total. The van der Waals surface area contributed by atoms with Gasteiger partial charge in [0.05, 0.1) is 12.2 Å². The number of urea groups is 1. The van der Waals surface area contributed by atoms with Gasteiger partial charge in [-0.2, -0.15) is 5.10 Å². The molecule has 1 heterocycles. The fraction of sp³-hybridized carbons (Fsp3) is 0.333. The highest BCUT2D eigenvalue weighted by Gasteiger charge is 2.24. The molecule has 5 heteroatoms. The van der Waals surface area contributed by atoms with Crippen molar-refractivity contribution >= 4 is 11.7 Å². The van der Waals surface area contributed by atoms with Crippen molar-refractivity contribution in [2.24, 2.45) is 7.05 Å². The van der Waals surface area contributed by atoms with Crippen LogP contribution in [0.25, 0.3) is 0 Å². The third-order valence-corrected chi connectivity index (χ3v) is 3.71. The molecule has 1 aliphatic rings. The minimum Gasteiger partial charge on any atom is -0.331 e. The zero-order valence-electron chi connectivity index (χ0n) is 11.5. The SMILES string of the molecule is Cn1ncc2c1CCCC2NC(=O)Nc1ccccc1. The number of rotatable bonds is 2. The van der Waals surface area contributed by atoms with Crippen LogP contribution < -0.4 is 10.6 Å². The lowest BCUT2D eigenvalue weighted by Crippen LogP contribution is -2.34. The van der Waals surface area contributed by atoms with E-state index >= 15 is 0 Å². The molecular formula is C15H18N4O. The van der Waals surface area contributed by atoms with Crippen molar-refractivity contribution in [2.45, 2.75) is 25.3 Å². The predicted molar refractivity (Wildman–Crippen MR) is 77.5 cm³/mol. The van der Waals surface area contributed by atoms with E-state index in [0.717, 1.165) is 30.5 Å². The van der Waals surface area contributed by atoms with Gasteiger partial charge >= 0.3 is 6.03 Å². The van der Waals surface area contributed by atoms with Crippen molar-refractivity contribution in [3.63, 3.8) is 0 Å². The molecule has 0 bridgehead atoms. The van der Waals surface area contributed by atoms with Crippen molar-refractivity contribution < 1.29 is 4.79 Å². The average molecular weight is 270 g/mol. The van der Waals surface area contributed by atoms with Gasteiger partial charge < -0.3 is 10.6 Å². The minimum atomic E-state index is -0.169. The van der Waals surface area contributed by atoms with E-state index in [1.807, 2.05) is 48.3 Å². The van der Waals surface area contributed by atoms with Gasteiger partial charge in [-0.25, -0.2) is 4.79 Å². The van der Waals surface area contributed by atoms with Gasteiger partial charge in [-0.15, -0.1) is 0 Å². The Kier molecular flexibility index (Phi) is 3.41. The normalized spacial score (nSPS) is 17.4. The maximum absolute atomic E-state index is 12.0. The van der Waals surface area contributed by atoms with Crippen molar-refractivity contribution in [1.29, 1.82) is 0 Å². The van der Waals surface area contributed by atoms with Gasteiger partial charge in [-0.05, 0) is 31.4 Å². The van der Waals surface area contributed by atoms with E-state index in [-0.39, 0.29) is 12.1 Å². The number of nitrogens with one attached hydrogen (secondary N) is 2.